The van der Waals surface area contributed by atoms with E-state index in [1.54, 1.807) is 17.6 Å². The van der Waals surface area contributed by atoms with Crippen molar-refractivity contribution in [2.75, 3.05) is 60.2 Å². The quantitative estimate of drug-likeness (QED) is 0.414. The van der Waals surface area contributed by atoms with Crippen molar-refractivity contribution < 1.29 is 13.9 Å². The first-order valence-corrected chi connectivity index (χ1v) is 13.0. The number of carbonyl (C=O) groups excluding carboxylic acids is 1. The number of nitrogens with one attached hydrogen (secondary N) is 1. The molecule has 1 aromatic carbocycles. The van der Waals surface area contributed by atoms with Crippen molar-refractivity contribution in [3.8, 4) is 10.6 Å². The highest BCUT2D eigenvalue weighted by atomic mass is 32.1. The fourth-order valence-corrected chi connectivity index (χ4v) is 5.36. The van der Waals surface area contributed by atoms with Crippen LogP contribution in [-0.2, 0) is 4.74 Å². The summed E-state index contributed by atoms with van der Waals surface area (Å²) in [5.74, 6) is 0.171. The van der Waals surface area contributed by atoms with E-state index in [0.717, 1.165) is 55.8 Å². The van der Waals surface area contributed by atoms with Crippen LogP contribution in [0.1, 0.15) is 29.8 Å². The van der Waals surface area contributed by atoms with Crippen LogP contribution in [0.4, 0.5) is 23.2 Å². The molecule has 2 aliphatic heterocycles. The number of nitrogens with zero attached hydrogens (tertiary/aromatic N) is 5. The monoisotopic (exact) mass is 505 g/mol. The number of carbonyl (C=O) groups is 1. The molecule has 2 saturated heterocycles. The smallest absolute Gasteiger partial charge is 0.298 e. The molecule has 5 heterocycles. The lowest BCUT2D eigenvalue weighted by Gasteiger charge is -2.30. The maximum absolute atomic E-state index is 13.2. The molecule has 3 aromatic heterocycles. The highest BCUT2D eigenvalue weighted by Gasteiger charge is 2.23. The third-order valence-electron chi connectivity index (χ3n) is 6.49. The predicted molar refractivity (Wildman–Crippen MR) is 141 cm³/mol. The number of nitrogen functional groups attached to an aromatic ring is 1. The van der Waals surface area contributed by atoms with Gasteiger partial charge in [0, 0.05) is 49.4 Å². The first kappa shape index (κ1) is 22.7. The van der Waals surface area contributed by atoms with Gasteiger partial charge in [-0.25, -0.2) is 9.97 Å². The zero-order valence-corrected chi connectivity index (χ0v) is 20.6. The lowest BCUT2D eigenvalue weighted by molar-refractivity contribution is 0.102. The zero-order chi connectivity index (χ0) is 24.5. The first-order valence-electron chi connectivity index (χ1n) is 12.1. The van der Waals surface area contributed by atoms with E-state index in [1.807, 2.05) is 18.2 Å². The first-order chi connectivity index (χ1) is 17.6. The van der Waals surface area contributed by atoms with E-state index in [1.165, 1.54) is 17.8 Å². The summed E-state index contributed by atoms with van der Waals surface area (Å²) in [6, 6.07) is 8.06. The summed E-state index contributed by atoms with van der Waals surface area (Å²) in [6.07, 6.45) is 5.12. The predicted octanol–water partition coefficient (Wildman–Crippen LogP) is 4.01. The van der Waals surface area contributed by atoms with Gasteiger partial charge in [-0.3, -0.25) is 4.79 Å². The normalized spacial score (nSPS) is 16.4. The van der Waals surface area contributed by atoms with Gasteiger partial charge in [0.25, 0.3) is 11.9 Å². The van der Waals surface area contributed by atoms with E-state index in [4.69, 9.17) is 19.9 Å². The third-order valence-corrected chi connectivity index (χ3v) is 7.38. The van der Waals surface area contributed by atoms with Crippen LogP contribution < -0.4 is 20.9 Å². The van der Waals surface area contributed by atoms with Crippen molar-refractivity contribution in [2.45, 2.75) is 19.3 Å². The van der Waals surface area contributed by atoms with Crippen LogP contribution in [0.5, 0.6) is 0 Å². The molecule has 6 rings (SSSR count). The number of rotatable bonds is 5. The Bertz CT molecular complexity index is 1370. The van der Waals surface area contributed by atoms with Gasteiger partial charge in [0.2, 0.25) is 0 Å². The fourth-order valence-electron chi connectivity index (χ4n) is 4.57. The maximum atomic E-state index is 13.2. The summed E-state index contributed by atoms with van der Waals surface area (Å²) in [5, 5.41) is 5.55. The Kier molecular flexibility index (Phi) is 6.16. The van der Waals surface area contributed by atoms with Gasteiger partial charge in [-0.2, -0.15) is 4.98 Å². The van der Waals surface area contributed by atoms with Gasteiger partial charge in [0.05, 0.1) is 24.6 Å². The van der Waals surface area contributed by atoms with Crippen molar-refractivity contribution in [2.24, 2.45) is 0 Å². The molecule has 36 heavy (non-hydrogen) atoms. The molecule has 0 spiro atoms. The molecular weight excluding hydrogens is 478 g/mol. The van der Waals surface area contributed by atoms with Gasteiger partial charge < -0.3 is 30.0 Å². The van der Waals surface area contributed by atoms with Crippen LogP contribution in [0.2, 0.25) is 0 Å². The second kappa shape index (κ2) is 9.75. The summed E-state index contributed by atoms with van der Waals surface area (Å²) in [4.78, 5) is 31.1. The Hall–Kier alpha value is -3.70. The van der Waals surface area contributed by atoms with Crippen molar-refractivity contribution >= 4 is 51.6 Å². The topological polar surface area (TPSA) is 123 Å². The number of piperidine rings is 1. The molecule has 4 aromatic rings. The number of thiazole rings is 1. The minimum atomic E-state index is -0.272. The fraction of sp³-hybridized carbons (Fsp3) is 0.360. The number of fused-ring (bicyclic) bond motifs is 1. The van der Waals surface area contributed by atoms with Gasteiger partial charge in [0.1, 0.15) is 22.0 Å². The van der Waals surface area contributed by atoms with Gasteiger partial charge in [-0.1, -0.05) is 0 Å². The van der Waals surface area contributed by atoms with Gasteiger partial charge in [0.15, 0.2) is 5.58 Å². The van der Waals surface area contributed by atoms with Crippen LogP contribution in [0.3, 0.4) is 0 Å². The molecule has 3 N–H and O–H groups in total. The van der Waals surface area contributed by atoms with E-state index in [0.29, 0.717) is 47.0 Å². The average Bonchev–Trinajstić information content (AvgIpc) is 3.57. The molecule has 2 aliphatic rings. The molecule has 2 fully saturated rings. The van der Waals surface area contributed by atoms with Gasteiger partial charge in [-0.15, -0.1) is 11.3 Å². The molecule has 0 bridgehead atoms. The molecule has 0 atom stereocenters. The van der Waals surface area contributed by atoms with Gasteiger partial charge >= 0.3 is 0 Å². The summed E-state index contributed by atoms with van der Waals surface area (Å²) >= 11 is 1.39. The van der Waals surface area contributed by atoms with Crippen molar-refractivity contribution in [3.63, 3.8) is 0 Å². The highest BCUT2D eigenvalue weighted by Crippen LogP contribution is 2.35. The number of ether oxygens (including phenoxy) is 1. The number of benzene rings is 1. The molecule has 0 aliphatic carbocycles. The number of anilines is 4. The average molecular weight is 506 g/mol. The molecule has 10 nitrogen and oxygen atoms in total. The number of nitrogens with two attached hydrogens (primary N) is 1. The summed E-state index contributed by atoms with van der Waals surface area (Å²) < 4.78 is 11.6. The Morgan fingerprint density at radius 2 is 1.86 bits per heavy atom. The number of amides is 1. The van der Waals surface area contributed by atoms with Crippen LogP contribution in [0.25, 0.3) is 21.7 Å². The van der Waals surface area contributed by atoms with E-state index < -0.39 is 0 Å². The molecule has 0 unspecified atom stereocenters. The third kappa shape index (κ3) is 4.59. The Labute approximate surface area is 212 Å². The van der Waals surface area contributed by atoms with E-state index in [2.05, 4.69) is 25.1 Å². The van der Waals surface area contributed by atoms with Crippen molar-refractivity contribution in [3.05, 3.63) is 41.5 Å². The number of hydrogen-bond donors (Lipinski definition) is 2. The molecule has 1 amide bonds. The Morgan fingerprint density at radius 3 is 2.64 bits per heavy atom. The van der Waals surface area contributed by atoms with Crippen molar-refractivity contribution in [1.29, 1.82) is 0 Å². The molecule has 0 saturated carbocycles. The number of oxazole rings is 1. The van der Waals surface area contributed by atoms with E-state index in [9.17, 15) is 4.79 Å². The lowest BCUT2D eigenvalue weighted by Crippen LogP contribution is -2.36. The van der Waals surface area contributed by atoms with E-state index >= 15 is 0 Å². The molecule has 11 heteroatoms. The Balaban J connectivity index is 1.31. The summed E-state index contributed by atoms with van der Waals surface area (Å²) in [7, 11) is 0. The molecular formula is C25H27N7O3S. The maximum Gasteiger partial charge on any atom is 0.298 e. The molecule has 186 valence electrons. The number of aromatic nitrogens is 3. The zero-order valence-electron chi connectivity index (χ0n) is 19.8. The largest absolute Gasteiger partial charge is 0.423 e. The van der Waals surface area contributed by atoms with Crippen LogP contribution in [0, 0.1) is 0 Å². The summed E-state index contributed by atoms with van der Waals surface area (Å²) in [6.45, 7) is 4.67. The number of pyridine rings is 1. The minimum absolute atomic E-state index is 0.272. The SMILES string of the molecule is Nc1ccc(-c2nc(C(=O)Nc3cc4oc(N5CCOCC5)nc4cc3N3CCCCC3)cs2)cn1. The van der Waals surface area contributed by atoms with E-state index in [-0.39, 0.29) is 5.91 Å². The second-order valence-electron chi connectivity index (χ2n) is 8.94. The molecule has 0 radical (unpaired) electrons. The van der Waals surface area contributed by atoms with Gasteiger partial charge in [-0.05, 0) is 37.5 Å². The van der Waals surface area contributed by atoms with Crippen LogP contribution >= 0.6 is 11.3 Å². The standard InChI is InChI=1S/C25H27N7O3S/c26-22-5-4-16(14-27-22)24-29-19(15-36-24)23(33)28-17-13-21-18(12-20(17)31-6-2-1-3-7-31)30-25(35-21)32-8-10-34-11-9-32/h4-5,12-15H,1-3,6-11H2,(H2,26,27)(H,28,33). The lowest BCUT2D eigenvalue weighted by atomic mass is 10.1. The number of morpholine rings is 1. The van der Waals surface area contributed by atoms with Crippen LogP contribution in [-0.4, -0.2) is 60.3 Å². The Morgan fingerprint density at radius 1 is 1.03 bits per heavy atom. The number of hydrogen-bond acceptors (Lipinski definition) is 10. The summed E-state index contributed by atoms with van der Waals surface area (Å²) in [5.41, 5.74) is 9.93. The second-order valence-corrected chi connectivity index (χ2v) is 9.80. The van der Waals surface area contributed by atoms with Crippen molar-refractivity contribution in [1.82, 2.24) is 15.0 Å². The minimum Gasteiger partial charge on any atom is -0.423 e. The highest BCUT2D eigenvalue weighted by molar-refractivity contribution is 7.13. The van der Waals surface area contributed by atoms with Crippen LogP contribution in [0.15, 0.2) is 40.3 Å².